The van der Waals surface area contributed by atoms with Crippen molar-refractivity contribution in [1.29, 1.82) is 0 Å². The van der Waals surface area contributed by atoms with Crippen molar-refractivity contribution in [2.45, 2.75) is 12.8 Å². The molecule has 0 fully saturated rings. The Hall–Kier alpha value is -3.78. The molecule has 0 aliphatic heterocycles. The Bertz CT molecular complexity index is 1190. The minimum Gasteiger partial charge on any atom is -1.00 e. The number of hydrogen-bond acceptors (Lipinski definition) is 6. The molecule has 0 aliphatic rings. The first kappa shape index (κ1) is 29.3. The maximum atomic E-state index is 12.9. The predicted molar refractivity (Wildman–Crippen MR) is 123 cm³/mol. The first-order valence-corrected chi connectivity index (χ1v) is 10.1. The van der Waals surface area contributed by atoms with Crippen LogP contribution in [0.3, 0.4) is 0 Å². The van der Waals surface area contributed by atoms with Gasteiger partial charge in [-0.3, -0.25) is 14.4 Å². The normalized spacial score (nSPS) is 10.6. The van der Waals surface area contributed by atoms with Gasteiger partial charge in [0.2, 0.25) is 17.6 Å². The third kappa shape index (κ3) is 9.17. The van der Waals surface area contributed by atoms with Crippen molar-refractivity contribution in [1.82, 2.24) is 10.9 Å². The maximum absolute atomic E-state index is 12.9. The molecule has 0 spiro atoms. The average molecular weight is 540 g/mol. The summed E-state index contributed by atoms with van der Waals surface area (Å²) in [6.45, 7) is 0. The van der Waals surface area contributed by atoms with Crippen molar-refractivity contribution >= 4 is 29.5 Å². The van der Waals surface area contributed by atoms with Gasteiger partial charge in [-0.15, -0.1) is 0 Å². The van der Waals surface area contributed by atoms with E-state index in [1.807, 2.05) is 6.07 Å². The molecule has 10 heteroatoms. The average Bonchev–Trinajstić information content (AvgIpc) is 2.85. The summed E-state index contributed by atoms with van der Waals surface area (Å²) in [7, 11) is 0. The number of amides is 2. The van der Waals surface area contributed by atoms with Crippen LogP contribution in [0, 0.1) is 0 Å². The number of nitrogens with zero attached hydrogens (tertiary/aromatic N) is 2. The second-order valence-electron chi connectivity index (χ2n) is 6.89. The van der Waals surface area contributed by atoms with E-state index in [0.29, 0.717) is 16.7 Å². The van der Waals surface area contributed by atoms with E-state index in [2.05, 4.69) is 21.1 Å². The molecule has 8 nitrogen and oxygen atoms in total. The van der Waals surface area contributed by atoms with Gasteiger partial charge in [0.1, 0.15) is 5.71 Å². The van der Waals surface area contributed by atoms with Crippen LogP contribution < -0.4 is 28.4 Å². The molecule has 0 unspecified atom stereocenters. The fraction of sp³-hybridized carbons (Fsp3) is 0.0800. The third-order valence-electron chi connectivity index (χ3n) is 4.48. The van der Waals surface area contributed by atoms with Gasteiger partial charge in [0.05, 0.1) is 6.21 Å². The van der Waals surface area contributed by atoms with Crippen molar-refractivity contribution in [3.05, 3.63) is 102 Å². The molecule has 1 radical (unpaired) electrons. The van der Waals surface area contributed by atoms with Crippen molar-refractivity contribution < 1.29 is 49.0 Å². The molecule has 0 aliphatic carbocycles. The Morgan fingerprint density at radius 1 is 0.743 bits per heavy atom. The van der Waals surface area contributed by atoms with Gasteiger partial charge < -0.3 is 17.5 Å². The third-order valence-corrected chi connectivity index (χ3v) is 4.48. The van der Waals surface area contributed by atoms with Crippen molar-refractivity contribution in [2.24, 2.45) is 10.2 Å². The number of hydrogen-bond donors (Lipinski definition) is 2. The van der Waals surface area contributed by atoms with Crippen LogP contribution in [0.5, 0.6) is 5.75 Å². The van der Waals surface area contributed by atoms with Gasteiger partial charge in [0, 0.05) is 24.0 Å². The molecule has 183 valence electrons. The monoisotopic (exact) mass is 539 g/mol. The summed E-state index contributed by atoms with van der Waals surface area (Å²) in [4.78, 5) is 37.0. The first-order valence-electron chi connectivity index (χ1n) is 10.1. The number of Topliss-reactive ketones (excluding diaryl/α,β-unsaturated/α-hetero) is 1. The Morgan fingerprint density at radius 3 is 1.86 bits per heavy atom. The number of nitrogens with one attached hydrogen (secondary N) is 2. The quantitative estimate of drug-likeness (QED) is 0.163. The fourth-order valence-electron chi connectivity index (χ4n) is 2.79. The number of para-hydroxylation sites is 1. The standard InChI is InChI=1S/C25H22N4O4.ClH.Cu/c30-21-14-8-7-13-20(21)17-26-27-22(31)15-16-23(32)28-29-24(18-9-3-1-4-10-18)25(33)19-11-5-2-6-12-19;;/h1-14,17,30H,15-16H2,(H,27,31)(H,28,32);1H;/q;;+2/p-2/b26-17+,29-24+;;. The van der Waals surface area contributed by atoms with Crippen LogP contribution >= 0.6 is 0 Å². The van der Waals surface area contributed by atoms with Crippen molar-refractivity contribution in [3.8, 4) is 5.75 Å². The number of carbonyl (C=O) groups excluding carboxylic acids is 3. The second kappa shape index (κ2) is 15.2. The Balaban J connectivity index is 0.00000306. The molecule has 0 heterocycles. The molecule has 2 N–H and O–H groups in total. The summed E-state index contributed by atoms with van der Waals surface area (Å²) in [5, 5.41) is 19.3. The van der Waals surface area contributed by atoms with Crippen molar-refractivity contribution in [3.63, 3.8) is 0 Å². The summed E-state index contributed by atoms with van der Waals surface area (Å²) in [6, 6.07) is 23.6. The zero-order valence-electron chi connectivity index (χ0n) is 18.3. The van der Waals surface area contributed by atoms with Crippen LogP contribution in [0.25, 0.3) is 0 Å². The van der Waals surface area contributed by atoms with Gasteiger partial charge in [-0.1, -0.05) is 90.7 Å². The molecule has 0 bridgehead atoms. The maximum Gasteiger partial charge on any atom is 2.00 e. The zero-order chi connectivity index (χ0) is 23.5. The van der Waals surface area contributed by atoms with Crippen LogP contribution in [-0.4, -0.2) is 29.5 Å². The summed E-state index contributed by atoms with van der Waals surface area (Å²) in [5.41, 5.74) is 6.02. The Morgan fingerprint density at radius 2 is 1.26 bits per heavy atom. The Labute approximate surface area is 219 Å². The predicted octanol–water partition coefficient (Wildman–Crippen LogP) is -0.605. The van der Waals surface area contributed by atoms with E-state index in [1.54, 1.807) is 72.8 Å². The Kier molecular flexibility index (Phi) is 12.7. The molecular weight excluding hydrogens is 519 g/mol. The van der Waals surface area contributed by atoms with Crippen LogP contribution in [0.15, 0.2) is 95.1 Å². The van der Waals surface area contributed by atoms with Crippen LogP contribution in [-0.2, 0) is 26.7 Å². The van der Waals surface area contributed by atoms with Crippen molar-refractivity contribution in [2.75, 3.05) is 0 Å². The molecule has 0 saturated heterocycles. The largest absolute Gasteiger partial charge is 2.00 e. The summed E-state index contributed by atoms with van der Waals surface area (Å²) in [5.74, 6) is -1.59. The van der Waals surface area contributed by atoms with Gasteiger partial charge in [0.15, 0.2) is 0 Å². The number of halogens is 1. The van der Waals surface area contributed by atoms with E-state index in [0.717, 1.165) is 0 Å². The molecule has 2 amide bonds. The molecule has 3 aromatic carbocycles. The number of hydrazone groups is 2. The van der Waals surface area contributed by atoms with Gasteiger partial charge in [-0.2, -0.15) is 10.2 Å². The molecule has 3 rings (SSSR count). The van der Waals surface area contributed by atoms with E-state index >= 15 is 0 Å². The van der Waals surface area contributed by atoms with E-state index in [1.165, 1.54) is 12.3 Å². The van der Waals surface area contributed by atoms with Gasteiger partial charge >= 0.3 is 17.1 Å². The number of ketones is 1. The van der Waals surface area contributed by atoms with Crippen LogP contribution in [0.4, 0.5) is 0 Å². The molecule has 0 atom stereocenters. The molecule has 3 aromatic rings. The summed E-state index contributed by atoms with van der Waals surface area (Å²) < 4.78 is 0. The van der Waals surface area contributed by atoms with E-state index in [-0.39, 0.29) is 59.6 Å². The second-order valence-corrected chi connectivity index (χ2v) is 6.89. The SMILES string of the molecule is O=C(CCC(=O)N/N=C(/C(=O)c1ccccc1)c1ccccc1)N/N=C/c1ccccc1[O-].[Cl-].[Cu+2]. The van der Waals surface area contributed by atoms with Gasteiger partial charge in [0.25, 0.3) is 0 Å². The van der Waals surface area contributed by atoms with Crippen LogP contribution in [0.1, 0.15) is 34.3 Å². The van der Waals surface area contributed by atoms with Gasteiger partial charge in [-0.25, -0.2) is 10.9 Å². The first-order chi connectivity index (χ1) is 16.0. The fourth-order valence-corrected chi connectivity index (χ4v) is 2.79. The topological polar surface area (TPSA) is 123 Å². The minimum absolute atomic E-state index is 0. The number of carbonyl (C=O) groups is 3. The van der Waals surface area contributed by atoms with Gasteiger partial charge in [-0.05, 0) is 5.56 Å². The molecular formula is C25H21ClCuN4O4. The summed E-state index contributed by atoms with van der Waals surface area (Å²) in [6.07, 6.45) is 0.932. The zero-order valence-corrected chi connectivity index (χ0v) is 20.0. The van der Waals surface area contributed by atoms with E-state index < -0.39 is 11.8 Å². The van der Waals surface area contributed by atoms with E-state index in [4.69, 9.17) is 0 Å². The molecule has 0 saturated carbocycles. The number of benzene rings is 3. The summed E-state index contributed by atoms with van der Waals surface area (Å²) >= 11 is 0. The smallest absolute Gasteiger partial charge is 1.00 e. The number of rotatable bonds is 9. The van der Waals surface area contributed by atoms with Crippen LogP contribution in [0.2, 0.25) is 0 Å². The molecule has 0 aromatic heterocycles. The molecule has 35 heavy (non-hydrogen) atoms. The van der Waals surface area contributed by atoms with E-state index in [9.17, 15) is 19.5 Å². The minimum atomic E-state index is -0.534.